The number of hydrogen-bond acceptors (Lipinski definition) is 4. The summed E-state index contributed by atoms with van der Waals surface area (Å²) < 4.78 is 4.79. The van der Waals surface area contributed by atoms with Crippen LogP contribution in [0.3, 0.4) is 0 Å². The SMILES string of the molecule is COC(=O)c1cc2c([nH]c3ccc(NC(=O)c4ccccc4)cc32)c(C)n1. The van der Waals surface area contributed by atoms with Crippen molar-refractivity contribution >= 4 is 39.4 Å². The first-order valence-electron chi connectivity index (χ1n) is 8.44. The Bertz CT molecular complexity index is 1180. The van der Waals surface area contributed by atoms with Gasteiger partial charge in [-0.1, -0.05) is 18.2 Å². The smallest absolute Gasteiger partial charge is 0.356 e. The maximum Gasteiger partial charge on any atom is 0.356 e. The van der Waals surface area contributed by atoms with Gasteiger partial charge in [0.15, 0.2) is 0 Å². The van der Waals surface area contributed by atoms with Crippen molar-refractivity contribution in [1.82, 2.24) is 9.97 Å². The Hall–Kier alpha value is -3.67. The zero-order valence-electron chi connectivity index (χ0n) is 14.9. The summed E-state index contributed by atoms with van der Waals surface area (Å²) in [5, 5.41) is 4.66. The molecular formula is C21H17N3O3. The van der Waals surface area contributed by atoms with Crippen molar-refractivity contribution in [3.8, 4) is 0 Å². The molecule has 6 nitrogen and oxygen atoms in total. The Kier molecular flexibility index (Phi) is 4.08. The minimum absolute atomic E-state index is 0.178. The molecule has 0 bridgehead atoms. The van der Waals surface area contributed by atoms with Crippen molar-refractivity contribution in [2.24, 2.45) is 0 Å². The molecule has 27 heavy (non-hydrogen) atoms. The van der Waals surface area contributed by atoms with Gasteiger partial charge in [-0.25, -0.2) is 9.78 Å². The van der Waals surface area contributed by atoms with Crippen LogP contribution in [0.4, 0.5) is 5.69 Å². The number of carbonyl (C=O) groups is 2. The number of amides is 1. The van der Waals surface area contributed by atoms with E-state index in [-0.39, 0.29) is 11.6 Å². The second-order valence-corrected chi connectivity index (χ2v) is 6.21. The fraction of sp³-hybridized carbons (Fsp3) is 0.0952. The highest BCUT2D eigenvalue weighted by Gasteiger charge is 2.15. The number of nitrogens with zero attached hydrogens (tertiary/aromatic N) is 1. The molecule has 0 radical (unpaired) electrons. The van der Waals surface area contributed by atoms with E-state index in [0.29, 0.717) is 16.9 Å². The van der Waals surface area contributed by atoms with Crippen LogP contribution in [0.25, 0.3) is 21.8 Å². The molecule has 0 saturated heterocycles. The van der Waals surface area contributed by atoms with E-state index < -0.39 is 5.97 Å². The molecule has 0 aliphatic rings. The summed E-state index contributed by atoms with van der Waals surface area (Å²) in [6, 6.07) is 16.4. The molecule has 2 heterocycles. The van der Waals surface area contributed by atoms with Gasteiger partial charge >= 0.3 is 5.97 Å². The van der Waals surface area contributed by atoms with Gasteiger partial charge in [0.2, 0.25) is 0 Å². The number of aryl methyl sites for hydroxylation is 1. The Labute approximate surface area is 155 Å². The number of H-pyrrole nitrogens is 1. The summed E-state index contributed by atoms with van der Waals surface area (Å²) in [7, 11) is 1.33. The molecular weight excluding hydrogens is 342 g/mol. The lowest BCUT2D eigenvalue weighted by Crippen LogP contribution is -2.11. The molecule has 0 spiro atoms. The van der Waals surface area contributed by atoms with E-state index in [1.54, 1.807) is 18.2 Å². The number of fused-ring (bicyclic) bond motifs is 3. The molecule has 6 heteroatoms. The van der Waals surface area contributed by atoms with Gasteiger partial charge in [-0.3, -0.25) is 4.79 Å². The number of hydrogen-bond donors (Lipinski definition) is 2. The molecule has 0 fully saturated rings. The number of pyridine rings is 1. The number of rotatable bonds is 3. The van der Waals surface area contributed by atoms with Crippen molar-refractivity contribution in [1.29, 1.82) is 0 Å². The predicted molar refractivity (Wildman–Crippen MR) is 104 cm³/mol. The van der Waals surface area contributed by atoms with Crippen LogP contribution in [0.2, 0.25) is 0 Å². The molecule has 1 amide bonds. The molecule has 0 aliphatic heterocycles. The Morgan fingerprint density at radius 2 is 1.81 bits per heavy atom. The molecule has 134 valence electrons. The first-order valence-corrected chi connectivity index (χ1v) is 8.44. The van der Waals surface area contributed by atoms with Crippen LogP contribution in [0.15, 0.2) is 54.6 Å². The monoisotopic (exact) mass is 359 g/mol. The number of ether oxygens (including phenoxy) is 1. The number of methoxy groups -OCH3 is 1. The maximum absolute atomic E-state index is 12.4. The number of carbonyl (C=O) groups excluding carboxylic acids is 2. The normalized spacial score (nSPS) is 10.9. The molecule has 4 aromatic rings. The number of aromatic nitrogens is 2. The Morgan fingerprint density at radius 1 is 1.04 bits per heavy atom. The lowest BCUT2D eigenvalue weighted by Gasteiger charge is -2.05. The van der Waals surface area contributed by atoms with Crippen LogP contribution < -0.4 is 5.32 Å². The van der Waals surface area contributed by atoms with Crippen LogP contribution in [0, 0.1) is 6.92 Å². The minimum atomic E-state index is -0.483. The standard InChI is InChI=1S/C21H17N3O3/c1-12-19-16(11-18(22-12)21(26)27-2)15-10-14(8-9-17(15)24-19)23-20(25)13-6-4-3-5-7-13/h3-11,24H,1-2H3,(H,23,25). The van der Waals surface area contributed by atoms with Crippen LogP contribution in [0.5, 0.6) is 0 Å². The fourth-order valence-electron chi connectivity index (χ4n) is 3.13. The van der Waals surface area contributed by atoms with Crippen molar-refractivity contribution in [3.05, 3.63) is 71.5 Å². The van der Waals surface area contributed by atoms with E-state index in [1.165, 1.54) is 7.11 Å². The lowest BCUT2D eigenvalue weighted by molar-refractivity contribution is 0.0594. The molecule has 2 aromatic heterocycles. The van der Waals surface area contributed by atoms with Gasteiger partial charge in [0.1, 0.15) is 5.69 Å². The highest BCUT2D eigenvalue weighted by Crippen LogP contribution is 2.30. The minimum Gasteiger partial charge on any atom is -0.464 e. The highest BCUT2D eigenvalue weighted by molar-refractivity contribution is 6.12. The van der Waals surface area contributed by atoms with E-state index in [0.717, 1.165) is 21.8 Å². The molecule has 0 aliphatic carbocycles. The largest absolute Gasteiger partial charge is 0.464 e. The summed E-state index contributed by atoms with van der Waals surface area (Å²) in [4.78, 5) is 31.9. The molecule has 0 atom stereocenters. The number of nitrogens with one attached hydrogen (secondary N) is 2. The quantitative estimate of drug-likeness (QED) is 0.540. The zero-order valence-corrected chi connectivity index (χ0v) is 14.9. The summed E-state index contributed by atoms with van der Waals surface area (Å²) in [6.45, 7) is 1.84. The van der Waals surface area contributed by atoms with E-state index in [9.17, 15) is 9.59 Å². The topological polar surface area (TPSA) is 84.1 Å². The molecule has 2 aromatic carbocycles. The van der Waals surface area contributed by atoms with Crippen LogP contribution in [-0.2, 0) is 4.74 Å². The van der Waals surface area contributed by atoms with E-state index in [2.05, 4.69) is 15.3 Å². The van der Waals surface area contributed by atoms with Gasteiger partial charge < -0.3 is 15.0 Å². The van der Waals surface area contributed by atoms with Crippen LogP contribution in [-0.4, -0.2) is 29.0 Å². The van der Waals surface area contributed by atoms with Gasteiger partial charge in [-0.15, -0.1) is 0 Å². The second kappa shape index (κ2) is 6.57. The second-order valence-electron chi connectivity index (χ2n) is 6.21. The lowest BCUT2D eigenvalue weighted by atomic mass is 10.1. The third kappa shape index (κ3) is 3.01. The van der Waals surface area contributed by atoms with Gasteiger partial charge in [-0.2, -0.15) is 0 Å². The summed E-state index contributed by atoms with van der Waals surface area (Å²) in [6.07, 6.45) is 0. The first-order chi connectivity index (χ1) is 13.1. The van der Waals surface area contributed by atoms with Crippen LogP contribution >= 0.6 is 0 Å². The maximum atomic E-state index is 12.4. The van der Waals surface area contributed by atoms with Crippen molar-refractivity contribution in [2.45, 2.75) is 6.92 Å². The first kappa shape index (κ1) is 16.8. The Balaban J connectivity index is 1.78. The van der Waals surface area contributed by atoms with Crippen molar-refractivity contribution in [2.75, 3.05) is 12.4 Å². The van der Waals surface area contributed by atoms with Crippen molar-refractivity contribution in [3.63, 3.8) is 0 Å². The van der Waals surface area contributed by atoms with Gasteiger partial charge in [0, 0.05) is 27.5 Å². The Morgan fingerprint density at radius 3 is 2.56 bits per heavy atom. The molecule has 4 rings (SSSR count). The zero-order chi connectivity index (χ0) is 19.0. The van der Waals surface area contributed by atoms with E-state index in [1.807, 2.05) is 43.3 Å². The number of benzene rings is 2. The molecule has 0 unspecified atom stereocenters. The van der Waals surface area contributed by atoms with E-state index >= 15 is 0 Å². The van der Waals surface area contributed by atoms with E-state index in [4.69, 9.17) is 4.74 Å². The highest BCUT2D eigenvalue weighted by atomic mass is 16.5. The summed E-state index contributed by atoms with van der Waals surface area (Å²) in [5.41, 5.74) is 3.97. The average molecular weight is 359 g/mol. The number of aromatic amines is 1. The van der Waals surface area contributed by atoms with Gasteiger partial charge in [0.25, 0.3) is 5.91 Å². The number of esters is 1. The van der Waals surface area contributed by atoms with Gasteiger partial charge in [0.05, 0.1) is 18.3 Å². The van der Waals surface area contributed by atoms with Crippen LogP contribution in [0.1, 0.15) is 26.5 Å². The predicted octanol–water partition coefficient (Wildman–Crippen LogP) is 4.06. The third-order valence-electron chi connectivity index (χ3n) is 4.46. The molecule has 2 N–H and O–H groups in total. The molecule has 0 saturated carbocycles. The summed E-state index contributed by atoms with van der Waals surface area (Å²) >= 11 is 0. The average Bonchev–Trinajstić information content (AvgIpc) is 3.06. The third-order valence-corrected chi connectivity index (χ3v) is 4.46. The number of anilines is 1. The van der Waals surface area contributed by atoms with Crippen molar-refractivity contribution < 1.29 is 14.3 Å². The fourth-order valence-corrected chi connectivity index (χ4v) is 3.13. The summed E-state index contributed by atoms with van der Waals surface area (Å²) in [5.74, 6) is -0.661. The van der Waals surface area contributed by atoms with Gasteiger partial charge in [-0.05, 0) is 43.3 Å².